The molecule has 1 fully saturated rings. The van der Waals surface area contributed by atoms with E-state index in [1.54, 1.807) is 6.07 Å². The van der Waals surface area contributed by atoms with Gasteiger partial charge in [-0.3, -0.25) is 14.9 Å². The Hall–Kier alpha value is -2.91. The van der Waals surface area contributed by atoms with E-state index in [1.807, 2.05) is 11.0 Å². The Morgan fingerprint density at radius 2 is 1.94 bits per heavy atom. The summed E-state index contributed by atoms with van der Waals surface area (Å²) in [6, 6.07) is 3.04. The summed E-state index contributed by atoms with van der Waals surface area (Å²) in [5, 5.41) is 11.9. The number of amides is 1. The maximum Gasteiger partial charge on any atom is 0.277 e. The molecule has 1 aliphatic carbocycles. The van der Waals surface area contributed by atoms with Gasteiger partial charge in [0.15, 0.2) is 17.8 Å². The predicted octanol–water partition coefficient (Wildman–Crippen LogP) is 3.30. The van der Waals surface area contributed by atoms with Crippen LogP contribution in [-0.4, -0.2) is 56.0 Å². The van der Waals surface area contributed by atoms with Crippen molar-refractivity contribution in [2.24, 2.45) is 5.41 Å². The number of methoxy groups -OCH3 is 2. The molecule has 5 rings (SSSR count). The minimum Gasteiger partial charge on any atom is -0.493 e. The molecule has 0 saturated carbocycles. The third kappa shape index (κ3) is 3.18. The van der Waals surface area contributed by atoms with Crippen LogP contribution in [0.25, 0.3) is 0 Å². The van der Waals surface area contributed by atoms with E-state index in [9.17, 15) is 14.9 Å². The fourth-order valence-corrected chi connectivity index (χ4v) is 5.68. The van der Waals surface area contributed by atoms with Crippen molar-refractivity contribution in [3.05, 3.63) is 51.2 Å². The van der Waals surface area contributed by atoms with E-state index in [0.717, 1.165) is 24.1 Å². The molecule has 170 valence electrons. The minimum atomic E-state index is -0.414. The van der Waals surface area contributed by atoms with Gasteiger partial charge in [0, 0.05) is 42.0 Å². The number of nitro benzene ring substituents is 1. The number of hydrogen-bond donors (Lipinski definition) is 0. The Morgan fingerprint density at radius 1 is 1.22 bits per heavy atom. The molecule has 1 saturated heterocycles. The summed E-state index contributed by atoms with van der Waals surface area (Å²) in [6.07, 6.45) is 6.30. The molecule has 1 aromatic carbocycles. The van der Waals surface area contributed by atoms with Crippen LogP contribution in [0.5, 0.6) is 11.5 Å². The smallest absolute Gasteiger partial charge is 0.277 e. The van der Waals surface area contributed by atoms with Crippen LogP contribution in [0.3, 0.4) is 0 Å². The molecule has 4 aliphatic rings. The lowest BCUT2D eigenvalue weighted by Gasteiger charge is -2.43. The van der Waals surface area contributed by atoms with Gasteiger partial charge in [0.25, 0.3) is 5.69 Å². The summed E-state index contributed by atoms with van der Waals surface area (Å²) < 4.78 is 22.1. The number of benzene rings is 1. The summed E-state index contributed by atoms with van der Waals surface area (Å²) in [5.41, 5.74) is 2.13. The van der Waals surface area contributed by atoms with Gasteiger partial charge < -0.3 is 23.8 Å². The average molecular weight is 442 g/mol. The molecule has 32 heavy (non-hydrogen) atoms. The molecule has 3 heterocycles. The summed E-state index contributed by atoms with van der Waals surface area (Å²) >= 11 is 0. The number of carbonyl (C=O) groups is 1. The van der Waals surface area contributed by atoms with Crippen molar-refractivity contribution in [3.8, 4) is 11.5 Å². The Kier molecular flexibility index (Phi) is 5.17. The highest BCUT2D eigenvalue weighted by Gasteiger charge is 2.51. The molecule has 1 amide bonds. The largest absolute Gasteiger partial charge is 0.493 e. The molecule has 3 aliphatic heterocycles. The monoisotopic (exact) mass is 442 g/mol. The second kappa shape index (κ2) is 7.90. The summed E-state index contributed by atoms with van der Waals surface area (Å²) in [5.74, 6) is 0.296. The van der Waals surface area contributed by atoms with E-state index in [4.69, 9.17) is 18.9 Å². The molecule has 1 aromatic rings. The van der Waals surface area contributed by atoms with Gasteiger partial charge in [0.2, 0.25) is 5.91 Å². The SMILES string of the molecule is COc1cc([C@@H]2CC(=O)N3CC=C[C@@]4(CC5OCCO5)CCC2=C34)c([N+](=O)[O-])cc1OC. The van der Waals surface area contributed by atoms with E-state index in [2.05, 4.69) is 6.08 Å². The highest BCUT2D eigenvalue weighted by molar-refractivity contribution is 5.83. The van der Waals surface area contributed by atoms with Gasteiger partial charge in [-0.2, -0.15) is 0 Å². The quantitative estimate of drug-likeness (QED) is 0.379. The number of nitrogens with zero attached hydrogens (tertiary/aromatic N) is 2. The maximum absolute atomic E-state index is 13.2. The number of ether oxygens (including phenoxy) is 4. The molecule has 2 atom stereocenters. The number of rotatable bonds is 6. The van der Waals surface area contributed by atoms with Crippen LogP contribution in [0.4, 0.5) is 5.69 Å². The minimum absolute atomic E-state index is 0.0262. The fourth-order valence-electron chi connectivity index (χ4n) is 5.68. The van der Waals surface area contributed by atoms with Gasteiger partial charge in [0.05, 0.1) is 38.4 Å². The Bertz CT molecular complexity index is 1030. The van der Waals surface area contributed by atoms with Crippen LogP contribution < -0.4 is 9.47 Å². The summed E-state index contributed by atoms with van der Waals surface area (Å²) in [6.45, 7) is 1.66. The summed E-state index contributed by atoms with van der Waals surface area (Å²) in [7, 11) is 2.94. The van der Waals surface area contributed by atoms with E-state index < -0.39 is 4.92 Å². The average Bonchev–Trinajstić information content (AvgIpc) is 3.44. The zero-order valence-electron chi connectivity index (χ0n) is 18.2. The van der Waals surface area contributed by atoms with Crippen LogP contribution in [0, 0.1) is 15.5 Å². The molecule has 9 nitrogen and oxygen atoms in total. The van der Waals surface area contributed by atoms with Crippen molar-refractivity contribution >= 4 is 11.6 Å². The van der Waals surface area contributed by atoms with E-state index in [0.29, 0.717) is 43.2 Å². The van der Waals surface area contributed by atoms with Crippen LogP contribution in [0.15, 0.2) is 35.6 Å². The van der Waals surface area contributed by atoms with Gasteiger partial charge in [-0.05, 0) is 24.5 Å². The lowest BCUT2D eigenvalue weighted by molar-refractivity contribution is -0.385. The van der Waals surface area contributed by atoms with Crippen LogP contribution in [0.1, 0.15) is 37.2 Å². The van der Waals surface area contributed by atoms with Gasteiger partial charge in [-0.25, -0.2) is 0 Å². The third-order valence-corrected chi connectivity index (χ3v) is 7.04. The Balaban J connectivity index is 1.63. The number of allylic oxidation sites excluding steroid dienone is 2. The first kappa shape index (κ1) is 21.0. The second-order valence-electron chi connectivity index (χ2n) is 8.59. The lowest BCUT2D eigenvalue weighted by Crippen LogP contribution is -2.44. The normalized spacial score (nSPS) is 27.1. The molecular formula is C23H26N2O7. The number of hydrogen-bond acceptors (Lipinski definition) is 7. The number of nitro groups is 1. The molecule has 0 bridgehead atoms. The van der Waals surface area contributed by atoms with Crippen LogP contribution in [0.2, 0.25) is 0 Å². The second-order valence-corrected chi connectivity index (χ2v) is 8.59. The molecule has 9 heteroatoms. The molecule has 0 aromatic heterocycles. The Labute approximate surface area is 185 Å². The van der Waals surface area contributed by atoms with E-state index in [1.165, 1.54) is 20.3 Å². The van der Waals surface area contributed by atoms with Crippen molar-refractivity contribution in [3.63, 3.8) is 0 Å². The molecule has 0 radical (unpaired) electrons. The molecular weight excluding hydrogens is 416 g/mol. The van der Waals surface area contributed by atoms with E-state index >= 15 is 0 Å². The molecule has 0 N–H and O–H groups in total. The van der Waals surface area contributed by atoms with Gasteiger partial charge >= 0.3 is 0 Å². The van der Waals surface area contributed by atoms with Gasteiger partial charge in [-0.15, -0.1) is 0 Å². The summed E-state index contributed by atoms with van der Waals surface area (Å²) in [4.78, 5) is 26.6. The Morgan fingerprint density at radius 3 is 2.62 bits per heavy atom. The molecule has 0 spiro atoms. The highest BCUT2D eigenvalue weighted by Crippen LogP contribution is 2.58. The van der Waals surface area contributed by atoms with Crippen molar-refractivity contribution in [2.75, 3.05) is 34.0 Å². The van der Waals surface area contributed by atoms with Gasteiger partial charge in [-0.1, -0.05) is 12.2 Å². The zero-order chi connectivity index (χ0) is 22.5. The van der Waals surface area contributed by atoms with Crippen LogP contribution in [-0.2, 0) is 14.3 Å². The first-order chi connectivity index (χ1) is 15.5. The highest BCUT2D eigenvalue weighted by atomic mass is 16.7. The maximum atomic E-state index is 13.2. The van der Waals surface area contributed by atoms with Gasteiger partial charge in [0.1, 0.15) is 0 Å². The third-order valence-electron chi connectivity index (χ3n) is 7.04. The first-order valence-electron chi connectivity index (χ1n) is 10.8. The predicted molar refractivity (Wildman–Crippen MR) is 113 cm³/mol. The van der Waals surface area contributed by atoms with Crippen molar-refractivity contribution in [1.29, 1.82) is 0 Å². The lowest BCUT2D eigenvalue weighted by atomic mass is 9.75. The van der Waals surface area contributed by atoms with Crippen molar-refractivity contribution in [2.45, 2.75) is 37.9 Å². The first-order valence-corrected chi connectivity index (χ1v) is 10.8. The standard InChI is InChI=1S/C23H26N2O7/c1-29-18-10-16(17(25(27)28)12-19(18)30-2)15-11-20(26)24-7-3-5-23(6-4-14(15)22(23)24)13-21-31-8-9-32-21/h3,5,10,12,15,21H,4,6-9,11,13H2,1-2H3/t15-,23+/m1/s1. The number of carbonyl (C=O) groups excluding carboxylic acids is 1. The van der Waals surface area contributed by atoms with Crippen molar-refractivity contribution in [1.82, 2.24) is 4.90 Å². The zero-order valence-corrected chi connectivity index (χ0v) is 18.2. The van der Waals surface area contributed by atoms with E-state index in [-0.39, 0.29) is 35.6 Å². The fraction of sp³-hybridized carbons (Fsp3) is 0.522. The van der Waals surface area contributed by atoms with Crippen LogP contribution >= 0.6 is 0 Å². The topological polar surface area (TPSA) is 100 Å². The van der Waals surface area contributed by atoms with Crippen molar-refractivity contribution < 1.29 is 28.7 Å². The molecule has 0 unspecified atom stereocenters.